The third kappa shape index (κ3) is 6.26. The molecule has 0 fully saturated rings. The molecular weight excluding hydrogens is 214 g/mol. The van der Waals surface area contributed by atoms with Crippen molar-refractivity contribution in [2.45, 2.75) is 6.42 Å². The first-order valence-corrected chi connectivity index (χ1v) is 4.43. The number of nitrogens with two attached hydrogens (primary N) is 1. The molecule has 0 spiro atoms. The number of aliphatic carboxylic acids is 1. The molecule has 3 amide bonds. The fourth-order valence-corrected chi connectivity index (χ4v) is 0.904. The zero-order valence-electron chi connectivity index (χ0n) is 8.60. The van der Waals surface area contributed by atoms with Gasteiger partial charge in [-0.05, 0) is 0 Å². The van der Waals surface area contributed by atoms with Crippen LogP contribution < -0.4 is 11.1 Å². The number of carbonyl (C=O) groups excluding carboxylic acids is 2. The fourth-order valence-electron chi connectivity index (χ4n) is 0.904. The second-order valence-corrected chi connectivity index (χ2v) is 2.90. The van der Waals surface area contributed by atoms with E-state index >= 15 is 0 Å². The predicted molar refractivity (Wildman–Crippen MR) is 55.3 cm³/mol. The van der Waals surface area contributed by atoms with E-state index < -0.39 is 31.0 Å². The molecule has 0 radical (unpaired) electrons. The average Bonchev–Trinajstić information content (AvgIpc) is 2.15. The first-order valence-electron chi connectivity index (χ1n) is 4.43. The number of hydrogen-bond acceptors (Lipinski definition) is 3. The van der Waals surface area contributed by atoms with E-state index in [4.69, 9.17) is 17.3 Å². The maximum Gasteiger partial charge on any atom is 0.323 e. The Morgan fingerprint density at radius 1 is 1.38 bits per heavy atom. The molecule has 0 aromatic carbocycles. The van der Waals surface area contributed by atoms with E-state index in [0.29, 0.717) is 6.42 Å². The molecule has 16 heavy (non-hydrogen) atoms. The Balaban J connectivity index is 4.26. The Morgan fingerprint density at radius 2 is 2.00 bits per heavy atom. The van der Waals surface area contributed by atoms with E-state index in [2.05, 4.69) is 11.2 Å². The first-order chi connectivity index (χ1) is 7.47. The number of urea groups is 1. The van der Waals surface area contributed by atoms with Crippen molar-refractivity contribution in [2.24, 2.45) is 5.73 Å². The quantitative estimate of drug-likeness (QED) is 0.382. The molecule has 0 saturated carbocycles. The molecule has 0 rings (SSSR count). The van der Waals surface area contributed by atoms with Crippen LogP contribution in [0.5, 0.6) is 0 Å². The molecule has 4 N–H and O–H groups in total. The molecule has 0 aromatic heterocycles. The number of hydrogen-bond donors (Lipinski definition) is 3. The topological polar surface area (TPSA) is 113 Å². The molecule has 88 valence electrons. The zero-order chi connectivity index (χ0) is 12.6. The summed E-state index contributed by atoms with van der Waals surface area (Å²) in [4.78, 5) is 33.2. The predicted octanol–water partition coefficient (Wildman–Crippen LogP) is -1.41. The third-order valence-corrected chi connectivity index (χ3v) is 1.51. The van der Waals surface area contributed by atoms with Gasteiger partial charge in [-0.3, -0.25) is 9.59 Å². The molecular formula is C9H13N3O4. The minimum atomic E-state index is -1.23. The Hall–Kier alpha value is -2.23. The van der Waals surface area contributed by atoms with Gasteiger partial charge in [0.1, 0.15) is 13.1 Å². The van der Waals surface area contributed by atoms with Gasteiger partial charge in [-0.2, -0.15) is 0 Å². The molecule has 0 aliphatic carbocycles. The molecule has 7 nitrogen and oxygen atoms in total. The van der Waals surface area contributed by atoms with Crippen molar-refractivity contribution in [1.29, 1.82) is 0 Å². The zero-order valence-corrected chi connectivity index (χ0v) is 8.60. The number of nitrogens with one attached hydrogen (secondary N) is 1. The number of terminal acetylenes is 1. The highest BCUT2D eigenvalue weighted by atomic mass is 16.4. The van der Waals surface area contributed by atoms with Crippen LogP contribution in [0.4, 0.5) is 4.79 Å². The lowest BCUT2D eigenvalue weighted by Gasteiger charge is -2.19. The van der Waals surface area contributed by atoms with Crippen molar-refractivity contribution in [2.75, 3.05) is 19.6 Å². The molecule has 0 bridgehead atoms. The van der Waals surface area contributed by atoms with Crippen molar-refractivity contribution >= 4 is 17.9 Å². The Labute approximate surface area is 92.6 Å². The summed E-state index contributed by atoms with van der Waals surface area (Å²) in [7, 11) is 0. The number of carbonyl (C=O) groups is 3. The van der Waals surface area contributed by atoms with Gasteiger partial charge in [-0.1, -0.05) is 0 Å². The van der Waals surface area contributed by atoms with Crippen LogP contribution in [0.1, 0.15) is 6.42 Å². The number of nitrogens with zero attached hydrogens (tertiary/aromatic N) is 1. The summed E-state index contributed by atoms with van der Waals surface area (Å²) in [5.41, 5.74) is 4.88. The summed E-state index contributed by atoms with van der Waals surface area (Å²) in [6, 6.07) is -0.684. The van der Waals surface area contributed by atoms with Gasteiger partial charge in [0.05, 0.1) is 0 Å². The summed E-state index contributed by atoms with van der Waals surface area (Å²) in [6.07, 6.45) is 5.29. The van der Waals surface area contributed by atoms with Crippen LogP contribution in [0, 0.1) is 12.3 Å². The second-order valence-electron chi connectivity index (χ2n) is 2.90. The van der Waals surface area contributed by atoms with Crippen molar-refractivity contribution < 1.29 is 19.5 Å². The normalized spacial score (nSPS) is 8.94. The average molecular weight is 227 g/mol. The van der Waals surface area contributed by atoms with Gasteiger partial charge >= 0.3 is 12.0 Å². The van der Waals surface area contributed by atoms with Crippen molar-refractivity contribution in [3.05, 3.63) is 0 Å². The largest absolute Gasteiger partial charge is 0.480 e. The summed E-state index contributed by atoms with van der Waals surface area (Å²) in [5, 5.41) is 10.9. The number of rotatable bonds is 6. The maximum atomic E-state index is 11.4. The summed E-state index contributed by atoms with van der Waals surface area (Å²) in [6.45, 7) is -0.830. The number of amides is 3. The van der Waals surface area contributed by atoms with Crippen LogP contribution in [0.15, 0.2) is 0 Å². The number of carboxylic acids is 1. The van der Waals surface area contributed by atoms with Crippen LogP contribution in [-0.4, -0.2) is 47.5 Å². The van der Waals surface area contributed by atoms with E-state index in [1.54, 1.807) is 0 Å². The van der Waals surface area contributed by atoms with Crippen molar-refractivity contribution in [1.82, 2.24) is 10.2 Å². The molecule has 0 unspecified atom stereocenters. The first kappa shape index (κ1) is 13.8. The van der Waals surface area contributed by atoms with Gasteiger partial charge in [-0.25, -0.2) is 4.79 Å². The van der Waals surface area contributed by atoms with E-state index in [0.717, 1.165) is 4.90 Å². The highest BCUT2D eigenvalue weighted by Gasteiger charge is 2.17. The molecule has 7 heteroatoms. The molecule has 0 saturated heterocycles. The van der Waals surface area contributed by atoms with Crippen LogP contribution in [0.2, 0.25) is 0 Å². The lowest BCUT2D eigenvalue weighted by molar-refractivity contribution is -0.137. The number of primary amides is 1. The molecule has 0 heterocycles. The lowest BCUT2D eigenvalue weighted by Crippen LogP contribution is -2.46. The van der Waals surface area contributed by atoms with Crippen molar-refractivity contribution in [3.8, 4) is 12.3 Å². The van der Waals surface area contributed by atoms with Crippen LogP contribution in [-0.2, 0) is 9.59 Å². The van der Waals surface area contributed by atoms with Gasteiger partial charge in [0, 0.05) is 13.0 Å². The molecule has 0 aromatic rings. The van der Waals surface area contributed by atoms with Gasteiger partial charge in [0.15, 0.2) is 0 Å². The number of carboxylic acid groups (broad SMARTS) is 1. The fraction of sp³-hybridized carbons (Fsp3) is 0.444. The summed E-state index contributed by atoms with van der Waals surface area (Å²) < 4.78 is 0. The minimum absolute atomic E-state index is 0.213. The van der Waals surface area contributed by atoms with Gasteiger partial charge < -0.3 is 21.1 Å². The summed E-state index contributed by atoms with van der Waals surface area (Å²) in [5.74, 6) is 0.290. The Bertz CT molecular complexity index is 305. The molecule has 0 atom stereocenters. The van der Waals surface area contributed by atoms with Crippen LogP contribution in [0.3, 0.4) is 0 Å². The van der Waals surface area contributed by atoms with E-state index in [9.17, 15) is 14.4 Å². The summed E-state index contributed by atoms with van der Waals surface area (Å²) >= 11 is 0. The molecule has 0 aliphatic rings. The van der Waals surface area contributed by atoms with Crippen LogP contribution in [0.25, 0.3) is 0 Å². The monoisotopic (exact) mass is 227 g/mol. The smallest absolute Gasteiger partial charge is 0.323 e. The highest BCUT2D eigenvalue weighted by molar-refractivity contribution is 5.85. The standard InChI is InChI=1S/C9H13N3O4/c1-2-3-4-11-9(16)12(5-7(10)13)6-8(14)15/h1H,3-6H2,(H2,10,13)(H,11,16)(H,14,15). The molecule has 0 aliphatic heterocycles. The van der Waals surface area contributed by atoms with Gasteiger partial charge in [0.2, 0.25) is 5.91 Å². The van der Waals surface area contributed by atoms with E-state index in [1.165, 1.54) is 0 Å². The maximum absolute atomic E-state index is 11.4. The minimum Gasteiger partial charge on any atom is -0.480 e. The van der Waals surface area contributed by atoms with Gasteiger partial charge in [-0.15, -0.1) is 12.3 Å². The Morgan fingerprint density at radius 3 is 2.44 bits per heavy atom. The van der Waals surface area contributed by atoms with Crippen molar-refractivity contribution in [3.63, 3.8) is 0 Å². The third-order valence-electron chi connectivity index (χ3n) is 1.51. The second kappa shape index (κ2) is 7.11. The SMILES string of the molecule is C#CCCNC(=O)N(CC(N)=O)CC(=O)O. The van der Waals surface area contributed by atoms with E-state index in [1.807, 2.05) is 0 Å². The van der Waals surface area contributed by atoms with Gasteiger partial charge in [0.25, 0.3) is 0 Å². The Kier molecular flexibility index (Phi) is 6.12. The van der Waals surface area contributed by atoms with Crippen LogP contribution >= 0.6 is 0 Å². The van der Waals surface area contributed by atoms with E-state index in [-0.39, 0.29) is 6.54 Å². The highest BCUT2D eigenvalue weighted by Crippen LogP contribution is 1.89. The lowest BCUT2D eigenvalue weighted by atomic mass is 10.4.